The number of aromatic nitrogens is 1. The molecule has 1 atom stereocenters. The number of aryl methyl sites for hydroxylation is 1. The Kier molecular flexibility index (Phi) is 7.51. The van der Waals surface area contributed by atoms with Gasteiger partial charge < -0.3 is 19.2 Å². The Hall–Kier alpha value is -3.63. The summed E-state index contributed by atoms with van der Waals surface area (Å²) >= 11 is 0. The number of halogens is 2. The molecule has 39 heavy (non-hydrogen) atoms. The molecular formula is C29H30F2N2O5S. The highest BCUT2D eigenvalue weighted by Crippen LogP contribution is 2.42. The van der Waals surface area contributed by atoms with Crippen LogP contribution in [0.2, 0.25) is 0 Å². The normalized spacial score (nSPS) is 15.8. The third kappa shape index (κ3) is 5.06. The van der Waals surface area contributed by atoms with E-state index in [-0.39, 0.29) is 6.54 Å². The molecule has 0 amide bonds. The first-order valence-corrected chi connectivity index (χ1v) is 14.1. The zero-order valence-corrected chi connectivity index (χ0v) is 22.8. The lowest BCUT2D eigenvalue weighted by Crippen LogP contribution is -2.40. The van der Waals surface area contributed by atoms with Gasteiger partial charge in [0.2, 0.25) is 10.0 Å². The van der Waals surface area contributed by atoms with Crippen molar-refractivity contribution >= 4 is 20.9 Å². The van der Waals surface area contributed by atoms with Crippen molar-refractivity contribution in [2.24, 2.45) is 0 Å². The molecule has 1 aliphatic heterocycles. The number of methoxy groups -OCH3 is 2. The Labute approximate surface area is 226 Å². The van der Waals surface area contributed by atoms with Gasteiger partial charge in [0.1, 0.15) is 22.3 Å². The van der Waals surface area contributed by atoms with E-state index in [4.69, 9.17) is 14.2 Å². The molecule has 0 saturated carbocycles. The second kappa shape index (κ2) is 10.9. The van der Waals surface area contributed by atoms with Crippen LogP contribution < -0.4 is 14.2 Å². The van der Waals surface area contributed by atoms with Crippen molar-refractivity contribution in [3.63, 3.8) is 0 Å². The quantitative estimate of drug-likeness (QED) is 0.283. The second-order valence-electron chi connectivity index (χ2n) is 9.36. The summed E-state index contributed by atoms with van der Waals surface area (Å²) in [4.78, 5) is 2.71. The number of aromatic amines is 1. The summed E-state index contributed by atoms with van der Waals surface area (Å²) in [6.07, 6.45) is 3.26. The molecule has 7 nitrogen and oxygen atoms in total. The summed E-state index contributed by atoms with van der Waals surface area (Å²) in [6, 6.07) is 11.4. The fourth-order valence-electron chi connectivity index (χ4n) is 5.30. The average Bonchev–Trinajstić information content (AvgIpc) is 3.33. The van der Waals surface area contributed by atoms with Gasteiger partial charge in [-0.15, -0.1) is 0 Å². The summed E-state index contributed by atoms with van der Waals surface area (Å²) in [6.45, 7) is 2.39. The van der Waals surface area contributed by atoms with Crippen LogP contribution in [-0.4, -0.2) is 45.1 Å². The van der Waals surface area contributed by atoms with Gasteiger partial charge in [-0.05, 0) is 85.3 Å². The van der Waals surface area contributed by atoms with E-state index in [9.17, 15) is 17.2 Å². The van der Waals surface area contributed by atoms with Crippen LogP contribution in [0.15, 0.2) is 59.6 Å². The smallest absolute Gasteiger partial charge is 0.246 e. The van der Waals surface area contributed by atoms with E-state index in [1.165, 1.54) is 4.31 Å². The van der Waals surface area contributed by atoms with Gasteiger partial charge in [0.05, 0.1) is 26.9 Å². The SMILES string of the molecule is CCOc1cc2c(cc1OC)CCN(S(=O)(=O)c1ccc(F)cc1F)[C@H]2CCc1c[nH]c2ccc(OC)cc12. The Balaban J connectivity index is 1.58. The van der Waals surface area contributed by atoms with Gasteiger partial charge in [0.15, 0.2) is 11.5 Å². The van der Waals surface area contributed by atoms with Crippen molar-refractivity contribution in [2.45, 2.75) is 37.1 Å². The monoisotopic (exact) mass is 556 g/mol. The van der Waals surface area contributed by atoms with Crippen LogP contribution in [0.3, 0.4) is 0 Å². The number of benzene rings is 3. The van der Waals surface area contributed by atoms with Crippen molar-refractivity contribution in [1.29, 1.82) is 0 Å². The lowest BCUT2D eigenvalue weighted by molar-refractivity contribution is 0.283. The number of sulfonamides is 1. The predicted octanol–water partition coefficient (Wildman–Crippen LogP) is 5.78. The number of H-pyrrole nitrogens is 1. The summed E-state index contributed by atoms with van der Waals surface area (Å²) in [5.41, 5.74) is 3.65. The molecule has 0 bridgehead atoms. The number of rotatable bonds is 9. The molecule has 206 valence electrons. The maximum Gasteiger partial charge on any atom is 0.246 e. The molecule has 3 aromatic carbocycles. The first-order valence-electron chi connectivity index (χ1n) is 12.7. The van der Waals surface area contributed by atoms with Crippen LogP contribution in [0.1, 0.15) is 36.1 Å². The minimum absolute atomic E-state index is 0.135. The summed E-state index contributed by atoms with van der Waals surface area (Å²) in [7, 11) is -1.13. The first kappa shape index (κ1) is 27.0. The molecule has 0 spiro atoms. The topological polar surface area (TPSA) is 80.9 Å². The number of nitrogens with one attached hydrogen (secondary N) is 1. The van der Waals surface area contributed by atoms with Crippen LogP contribution in [0.25, 0.3) is 10.9 Å². The van der Waals surface area contributed by atoms with Crippen LogP contribution in [-0.2, 0) is 22.9 Å². The third-order valence-electron chi connectivity index (χ3n) is 7.18. The third-order valence-corrected chi connectivity index (χ3v) is 9.12. The van der Waals surface area contributed by atoms with Crippen LogP contribution in [0, 0.1) is 11.6 Å². The molecule has 10 heteroatoms. The van der Waals surface area contributed by atoms with Crippen LogP contribution >= 0.6 is 0 Å². The fourth-order valence-corrected chi connectivity index (χ4v) is 6.98. The van der Waals surface area contributed by atoms with Crippen molar-refractivity contribution in [3.05, 3.63) is 83.1 Å². The number of hydrogen-bond acceptors (Lipinski definition) is 5. The lowest BCUT2D eigenvalue weighted by atomic mass is 9.90. The molecule has 1 N–H and O–H groups in total. The average molecular weight is 557 g/mol. The predicted molar refractivity (Wildman–Crippen MR) is 144 cm³/mol. The number of fused-ring (bicyclic) bond motifs is 2. The highest BCUT2D eigenvalue weighted by atomic mass is 32.2. The molecule has 0 fully saturated rings. The molecule has 5 rings (SSSR count). The Morgan fingerprint density at radius 3 is 2.56 bits per heavy atom. The zero-order chi connectivity index (χ0) is 27.7. The highest BCUT2D eigenvalue weighted by Gasteiger charge is 2.38. The molecule has 0 unspecified atom stereocenters. The summed E-state index contributed by atoms with van der Waals surface area (Å²) < 4.78 is 74.0. The summed E-state index contributed by atoms with van der Waals surface area (Å²) in [5, 5.41) is 0.981. The van der Waals surface area contributed by atoms with E-state index in [0.29, 0.717) is 43.4 Å². The molecule has 0 radical (unpaired) electrons. The number of nitrogens with zero attached hydrogens (tertiary/aromatic N) is 1. The fraction of sp³-hybridized carbons (Fsp3) is 0.310. The Morgan fingerprint density at radius 1 is 1.03 bits per heavy atom. The highest BCUT2D eigenvalue weighted by molar-refractivity contribution is 7.89. The van der Waals surface area contributed by atoms with E-state index < -0.39 is 32.6 Å². The van der Waals surface area contributed by atoms with Gasteiger partial charge in [-0.2, -0.15) is 4.31 Å². The minimum Gasteiger partial charge on any atom is -0.497 e. The number of hydrogen-bond donors (Lipinski definition) is 1. The van der Waals surface area contributed by atoms with Gasteiger partial charge in [0, 0.05) is 29.7 Å². The molecule has 0 saturated heterocycles. The van der Waals surface area contributed by atoms with Crippen molar-refractivity contribution < 1.29 is 31.4 Å². The standard InChI is InChI=1S/C29H30F2N2O5S/c1-4-38-28-16-23-18(13-27(28)37-3)11-12-33(39(34,35)29-10-6-20(30)14-24(29)31)26(23)9-5-19-17-32-25-8-7-21(36-2)15-22(19)25/h6-8,10,13-17,26,32H,4-5,9,11-12H2,1-3H3/t26-/m0/s1. The van der Waals surface area contributed by atoms with Crippen LogP contribution in [0.5, 0.6) is 17.2 Å². The maximum absolute atomic E-state index is 14.7. The number of ether oxygens (including phenoxy) is 3. The second-order valence-corrected chi connectivity index (χ2v) is 11.2. The zero-order valence-electron chi connectivity index (χ0n) is 22.0. The molecule has 1 aliphatic rings. The van der Waals surface area contributed by atoms with Gasteiger partial charge >= 0.3 is 0 Å². The van der Waals surface area contributed by atoms with Crippen molar-refractivity contribution in [2.75, 3.05) is 27.4 Å². The molecule has 0 aliphatic carbocycles. The van der Waals surface area contributed by atoms with E-state index in [1.54, 1.807) is 14.2 Å². The van der Waals surface area contributed by atoms with Gasteiger partial charge in [-0.3, -0.25) is 0 Å². The molecule has 2 heterocycles. The van der Waals surface area contributed by atoms with Gasteiger partial charge in [-0.1, -0.05) is 0 Å². The first-order chi connectivity index (χ1) is 18.8. The van der Waals surface area contributed by atoms with E-state index in [1.807, 2.05) is 43.5 Å². The van der Waals surface area contributed by atoms with Crippen LogP contribution in [0.4, 0.5) is 8.78 Å². The van der Waals surface area contributed by atoms with Gasteiger partial charge in [-0.25, -0.2) is 17.2 Å². The minimum atomic E-state index is -4.29. The van der Waals surface area contributed by atoms with E-state index >= 15 is 0 Å². The van der Waals surface area contributed by atoms with Crippen molar-refractivity contribution in [1.82, 2.24) is 9.29 Å². The maximum atomic E-state index is 14.7. The molecule has 4 aromatic rings. The molecular weight excluding hydrogens is 526 g/mol. The van der Waals surface area contributed by atoms with Gasteiger partial charge in [0.25, 0.3) is 0 Å². The largest absolute Gasteiger partial charge is 0.497 e. The summed E-state index contributed by atoms with van der Waals surface area (Å²) in [5.74, 6) is -0.161. The van der Waals surface area contributed by atoms with Crippen molar-refractivity contribution in [3.8, 4) is 17.2 Å². The van der Waals surface area contributed by atoms with E-state index in [0.717, 1.165) is 45.5 Å². The van der Waals surface area contributed by atoms with E-state index in [2.05, 4.69) is 4.98 Å². The Bertz CT molecular complexity index is 1620. The molecule has 1 aromatic heterocycles. The lowest BCUT2D eigenvalue weighted by Gasteiger charge is -2.37. The Morgan fingerprint density at radius 2 is 1.85 bits per heavy atom.